The number of carboxylic acids is 2. The molecule has 0 aromatic heterocycles. The first kappa shape index (κ1) is 31.7. The molecule has 0 aromatic carbocycles. The van der Waals surface area contributed by atoms with Crippen LogP contribution >= 0.6 is 0 Å². The fourth-order valence-corrected chi connectivity index (χ4v) is 4.85. The fraction of sp³-hybridized carbons (Fsp3) is 0.864. The van der Waals surface area contributed by atoms with Crippen LogP contribution in [0.5, 0.6) is 0 Å². The molecular weight excluding hydrogens is 534 g/mol. The molecule has 39 heavy (non-hydrogen) atoms. The molecule has 17 heteroatoms. The SMILES string of the molecule is C[C@@H]1OC(C(=O)O)[C@@H](O[C@H]2OC(CO)[C@@H](O[C@@H]3OC(C(=O)O)[C@@H](C)[C@H](O)C3O)[C@H](O)C2NCC=O)[C@H](O)C1O. The molecule has 0 aromatic rings. The highest BCUT2D eigenvalue weighted by Gasteiger charge is 2.54. The average Bonchev–Trinajstić information content (AvgIpc) is 2.89. The number of nitrogens with one attached hydrogen (secondary N) is 1. The summed E-state index contributed by atoms with van der Waals surface area (Å²) in [5.74, 6) is -4.00. The minimum Gasteiger partial charge on any atom is -0.479 e. The highest BCUT2D eigenvalue weighted by atomic mass is 16.7. The fourth-order valence-electron chi connectivity index (χ4n) is 4.85. The number of carboxylic acid groups (broad SMARTS) is 2. The van der Waals surface area contributed by atoms with Crippen molar-refractivity contribution in [3.8, 4) is 0 Å². The van der Waals surface area contributed by atoms with E-state index in [1.807, 2.05) is 0 Å². The van der Waals surface area contributed by atoms with Gasteiger partial charge in [0.15, 0.2) is 24.8 Å². The number of hydrogen-bond donors (Lipinski definition) is 9. The molecule has 0 radical (unpaired) electrons. The standard InChI is InChI=1S/C22H35NO16/c1-6-10(26)14(30)22(37-15(6)19(31)32)38-16-8(5-25)36-21(9(12(16)28)23-3-4-24)39-17-13(29)11(27)7(2)35-18(17)20(33)34/h4,6-18,21-23,25-30H,3,5H2,1-2H3,(H,31,32)(H,33,34)/t6-,7-,8?,9?,10-,11?,12+,13+,14?,15?,16+,17-,18?,21+,22-/m0/s1. The molecule has 0 bridgehead atoms. The van der Waals surface area contributed by atoms with Gasteiger partial charge in [-0.15, -0.1) is 0 Å². The molecule has 3 heterocycles. The highest BCUT2D eigenvalue weighted by molar-refractivity contribution is 5.73. The number of aliphatic carboxylic acids is 2. The van der Waals surface area contributed by atoms with E-state index in [0.29, 0.717) is 6.29 Å². The van der Waals surface area contributed by atoms with Gasteiger partial charge in [0, 0.05) is 5.92 Å². The first-order valence-corrected chi connectivity index (χ1v) is 12.2. The van der Waals surface area contributed by atoms with Crippen molar-refractivity contribution in [2.45, 2.75) is 99.6 Å². The Labute approximate surface area is 221 Å². The van der Waals surface area contributed by atoms with Crippen LogP contribution in [-0.2, 0) is 38.1 Å². The Morgan fingerprint density at radius 1 is 0.795 bits per heavy atom. The third-order valence-corrected chi connectivity index (χ3v) is 7.11. The second-order valence-corrected chi connectivity index (χ2v) is 9.70. The molecule has 224 valence electrons. The lowest BCUT2D eigenvalue weighted by Gasteiger charge is -2.49. The van der Waals surface area contributed by atoms with Gasteiger partial charge in [0.05, 0.1) is 31.4 Å². The van der Waals surface area contributed by atoms with E-state index in [2.05, 4.69) is 5.32 Å². The number of rotatable bonds is 10. The van der Waals surface area contributed by atoms with Crippen LogP contribution in [0.3, 0.4) is 0 Å². The Bertz CT molecular complexity index is 862. The summed E-state index contributed by atoms with van der Waals surface area (Å²) in [6.45, 7) is 1.45. The number of carbonyl (C=O) groups is 3. The topological polar surface area (TPSA) is 271 Å². The second kappa shape index (κ2) is 13.2. The predicted molar refractivity (Wildman–Crippen MR) is 121 cm³/mol. The van der Waals surface area contributed by atoms with Crippen LogP contribution in [0, 0.1) is 5.92 Å². The molecule has 0 spiro atoms. The molecule has 15 atom stereocenters. The molecule has 3 aliphatic heterocycles. The molecular formula is C22H35NO16. The van der Waals surface area contributed by atoms with E-state index in [4.69, 9.17) is 23.7 Å². The zero-order valence-corrected chi connectivity index (χ0v) is 21.0. The van der Waals surface area contributed by atoms with Crippen molar-refractivity contribution in [3.63, 3.8) is 0 Å². The molecule has 3 aliphatic rings. The molecule has 17 nitrogen and oxygen atoms in total. The van der Waals surface area contributed by atoms with Crippen LogP contribution in [0.1, 0.15) is 13.8 Å². The van der Waals surface area contributed by atoms with Crippen LogP contribution in [-0.4, -0.2) is 158 Å². The summed E-state index contributed by atoms with van der Waals surface area (Å²) in [5.41, 5.74) is 0. The van der Waals surface area contributed by atoms with E-state index < -0.39 is 110 Å². The van der Waals surface area contributed by atoms with Gasteiger partial charge in [0.1, 0.15) is 49.0 Å². The molecule has 3 saturated heterocycles. The van der Waals surface area contributed by atoms with Crippen molar-refractivity contribution in [2.75, 3.05) is 13.2 Å². The summed E-state index contributed by atoms with van der Waals surface area (Å²) < 4.78 is 27.5. The van der Waals surface area contributed by atoms with Crippen LogP contribution < -0.4 is 5.32 Å². The summed E-state index contributed by atoms with van der Waals surface area (Å²) in [6.07, 6.45) is -20.6. The Hall–Kier alpha value is -1.87. The summed E-state index contributed by atoms with van der Waals surface area (Å²) in [5, 5.41) is 84.1. The van der Waals surface area contributed by atoms with Crippen molar-refractivity contribution in [1.29, 1.82) is 0 Å². The van der Waals surface area contributed by atoms with Crippen molar-refractivity contribution in [1.82, 2.24) is 5.32 Å². The first-order chi connectivity index (χ1) is 18.3. The Kier molecular flexibility index (Phi) is 10.7. The summed E-state index contributed by atoms with van der Waals surface area (Å²) in [7, 11) is 0. The van der Waals surface area contributed by atoms with Gasteiger partial charge < -0.3 is 74.6 Å². The predicted octanol–water partition coefficient (Wildman–Crippen LogP) is -5.25. The second-order valence-electron chi connectivity index (χ2n) is 9.70. The van der Waals surface area contributed by atoms with Gasteiger partial charge in [-0.3, -0.25) is 0 Å². The number of carbonyl (C=O) groups excluding carboxylic acids is 1. The normalized spacial score (nSPS) is 46.9. The van der Waals surface area contributed by atoms with Gasteiger partial charge in [0.25, 0.3) is 0 Å². The maximum atomic E-state index is 11.8. The van der Waals surface area contributed by atoms with E-state index in [1.165, 1.54) is 13.8 Å². The lowest BCUT2D eigenvalue weighted by Crippen LogP contribution is -2.69. The maximum absolute atomic E-state index is 11.8. The van der Waals surface area contributed by atoms with E-state index >= 15 is 0 Å². The van der Waals surface area contributed by atoms with E-state index in [0.717, 1.165) is 0 Å². The van der Waals surface area contributed by atoms with Crippen LogP contribution in [0.2, 0.25) is 0 Å². The summed E-state index contributed by atoms with van der Waals surface area (Å²) in [6, 6.07) is -1.40. The van der Waals surface area contributed by atoms with Gasteiger partial charge in [-0.2, -0.15) is 0 Å². The van der Waals surface area contributed by atoms with Crippen molar-refractivity contribution >= 4 is 18.2 Å². The van der Waals surface area contributed by atoms with Gasteiger partial charge in [-0.05, 0) is 6.92 Å². The molecule has 0 saturated carbocycles. The first-order valence-electron chi connectivity index (χ1n) is 12.2. The summed E-state index contributed by atoms with van der Waals surface area (Å²) in [4.78, 5) is 34.4. The van der Waals surface area contributed by atoms with Crippen LogP contribution in [0.15, 0.2) is 0 Å². The zero-order chi connectivity index (χ0) is 29.2. The van der Waals surface area contributed by atoms with Gasteiger partial charge in [-0.25, -0.2) is 9.59 Å². The van der Waals surface area contributed by atoms with Crippen molar-refractivity contribution in [3.05, 3.63) is 0 Å². The Morgan fingerprint density at radius 3 is 1.97 bits per heavy atom. The quantitative estimate of drug-likeness (QED) is 0.111. The zero-order valence-electron chi connectivity index (χ0n) is 21.0. The van der Waals surface area contributed by atoms with Gasteiger partial charge >= 0.3 is 11.9 Å². The number of aliphatic hydroxyl groups is 6. The number of ether oxygens (including phenoxy) is 5. The van der Waals surface area contributed by atoms with E-state index in [-0.39, 0.29) is 6.54 Å². The lowest BCUT2D eigenvalue weighted by atomic mass is 9.90. The summed E-state index contributed by atoms with van der Waals surface area (Å²) >= 11 is 0. The van der Waals surface area contributed by atoms with Gasteiger partial charge in [-0.1, -0.05) is 6.92 Å². The van der Waals surface area contributed by atoms with Crippen molar-refractivity contribution in [2.24, 2.45) is 5.92 Å². The molecule has 6 unspecified atom stereocenters. The average molecular weight is 570 g/mol. The smallest absolute Gasteiger partial charge is 0.335 e. The Morgan fingerprint density at radius 2 is 1.41 bits per heavy atom. The monoisotopic (exact) mass is 569 g/mol. The largest absolute Gasteiger partial charge is 0.479 e. The number of hydrogen-bond acceptors (Lipinski definition) is 15. The van der Waals surface area contributed by atoms with Crippen molar-refractivity contribution < 1.29 is 78.9 Å². The van der Waals surface area contributed by atoms with Crippen LogP contribution in [0.4, 0.5) is 0 Å². The molecule has 3 fully saturated rings. The van der Waals surface area contributed by atoms with E-state index in [9.17, 15) is 55.2 Å². The van der Waals surface area contributed by atoms with Gasteiger partial charge in [0.2, 0.25) is 0 Å². The molecule has 0 amide bonds. The highest BCUT2D eigenvalue weighted by Crippen LogP contribution is 2.33. The lowest BCUT2D eigenvalue weighted by molar-refractivity contribution is -0.352. The molecule has 9 N–H and O–H groups in total. The maximum Gasteiger partial charge on any atom is 0.335 e. The van der Waals surface area contributed by atoms with E-state index in [1.54, 1.807) is 0 Å². The molecule has 0 aliphatic carbocycles. The Balaban J connectivity index is 1.85. The number of aldehydes is 1. The third kappa shape index (κ3) is 6.55. The molecule has 3 rings (SSSR count). The number of aliphatic hydroxyl groups excluding tert-OH is 6. The minimum atomic E-state index is -1.79. The third-order valence-electron chi connectivity index (χ3n) is 7.11. The minimum absolute atomic E-state index is 0.382. The van der Waals surface area contributed by atoms with Crippen LogP contribution in [0.25, 0.3) is 0 Å².